The number of ether oxygens (including phenoxy) is 1. The van der Waals surface area contributed by atoms with Gasteiger partial charge < -0.3 is 14.7 Å². The minimum absolute atomic E-state index is 0.0543. The first-order valence-electron chi connectivity index (χ1n) is 11.7. The number of carbonyl (C=O) groups excluding carboxylic acids is 2. The second-order valence-corrected chi connectivity index (χ2v) is 9.58. The summed E-state index contributed by atoms with van der Waals surface area (Å²) in [5.74, 6) is -0.256. The van der Waals surface area contributed by atoms with Crippen LogP contribution in [-0.4, -0.2) is 50.2 Å². The van der Waals surface area contributed by atoms with Crippen LogP contribution in [0.2, 0.25) is 0 Å². The molecule has 0 bridgehead atoms. The van der Waals surface area contributed by atoms with Gasteiger partial charge in [-0.05, 0) is 61.7 Å². The van der Waals surface area contributed by atoms with Crippen LogP contribution in [0.1, 0.15) is 56.8 Å². The van der Waals surface area contributed by atoms with Crippen molar-refractivity contribution < 1.29 is 19.4 Å². The van der Waals surface area contributed by atoms with Gasteiger partial charge in [0.1, 0.15) is 11.4 Å². The van der Waals surface area contributed by atoms with Crippen molar-refractivity contribution >= 4 is 11.7 Å². The van der Waals surface area contributed by atoms with Crippen molar-refractivity contribution in [1.82, 2.24) is 14.7 Å². The van der Waals surface area contributed by atoms with E-state index in [1.807, 2.05) is 39.0 Å². The molecule has 1 amide bonds. The molecule has 5 rings (SSSR count). The van der Waals surface area contributed by atoms with Crippen LogP contribution in [0, 0.1) is 20.8 Å². The summed E-state index contributed by atoms with van der Waals surface area (Å²) in [5.41, 5.74) is 2.82. The quantitative estimate of drug-likeness (QED) is 0.611. The summed E-state index contributed by atoms with van der Waals surface area (Å²) in [6, 6.07) is 12.0. The molecule has 0 radical (unpaired) electrons. The van der Waals surface area contributed by atoms with Crippen molar-refractivity contribution in [2.75, 3.05) is 13.1 Å². The van der Waals surface area contributed by atoms with E-state index < -0.39 is 22.8 Å². The fourth-order valence-electron chi connectivity index (χ4n) is 4.84. The van der Waals surface area contributed by atoms with E-state index in [-0.39, 0.29) is 17.9 Å². The van der Waals surface area contributed by atoms with Crippen molar-refractivity contribution in [3.63, 3.8) is 0 Å². The van der Waals surface area contributed by atoms with Gasteiger partial charge in [0.25, 0.3) is 11.5 Å². The van der Waals surface area contributed by atoms with E-state index in [0.29, 0.717) is 42.9 Å². The molecule has 35 heavy (non-hydrogen) atoms. The number of rotatable bonds is 2. The summed E-state index contributed by atoms with van der Waals surface area (Å²) in [7, 11) is 0. The average molecular weight is 474 g/mol. The highest BCUT2D eigenvalue weighted by Crippen LogP contribution is 2.40. The van der Waals surface area contributed by atoms with E-state index >= 15 is 0 Å². The molecule has 2 aromatic carbocycles. The molecule has 1 saturated heterocycles. The molecule has 8 heteroatoms. The highest BCUT2D eigenvalue weighted by atomic mass is 16.5. The van der Waals surface area contributed by atoms with Crippen LogP contribution in [0.25, 0.3) is 5.69 Å². The number of aromatic hydroxyl groups is 1. The zero-order valence-corrected chi connectivity index (χ0v) is 20.0. The number of fused-ring (bicyclic) bond motifs is 1. The number of aromatic nitrogens is 2. The molecular weight excluding hydrogens is 446 g/mol. The topological polar surface area (TPSA) is 102 Å². The van der Waals surface area contributed by atoms with Gasteiger partial charge in [-0.15, -0.1) is 0 Å². The second-order valence-electron chi connectivity index (χ2n) is 9.58. The van der Waals surface area contributed by atoms with Gasteiger partial charge in [0.05, 0.1) is 17.7 Å². The number of benzene rings is 2. The van der Waals surface area contributed by atoms with Crippen LogP contribution in [-0.2, 0) is 0 Å². The third kappa shape index (κ3) is 4.09. The maximum atomic E-state index is 13.3. The molecule has 2 aliphatic heterocycles. The Bertz CT molecular complexity index is 1420. The fourth-order valence-corrected chi connectivity index (χ4v) is 4.84. The van der Waals surface area contributed by atoms with Crippen LogP contribution in [0.3, 0.4) is 0 Å². The summed E-state index contributed by atoms with van der Waals surface area (Å²) in [4.78, 5) is 40.2. The summed E-state index contributed by atoms with van der Waals surface area (Å²) >= 11 is 0. The largest absolute Gasteiger partial charge is 0.505 e. The minimum atomic E-state index is -0.654. The smallest absolute Gasteiger partial charge is 0.278 e. The Morgan fingerprint density at radius 3 is 2.46 bits per heavy atom. The van der Waals surface area contributed by atoms with Crippen LogP contribution in [0.4, 0.5) is 0 Å². The highest BCUT2D eigenvalue weighted by Gasteiger charge is 2.44. The van der Waals surface area contributed by atoms with E-state index in [0.717, 1.165) is 27.4 Å². The zero-order valence-electron chi connectivity index (χ0n) is 20.0. The molecule has 0 atom stereocenters. The van der Waals surface area contributed by atoms with Crippen LogP contribution < -0.4 is 10.3 Å². The third-order valence-corrected chi connectivity index (χ3v) is 7.03. The van der Waals surface area contributed by atoms with Crippen molar-refractivity contribution in [2.45, 2.75) is 45.6 Å². The van der Waals surface area contributed by atoms with Gasteiger partial charge >= 0.3 is 0 Å². The average Bonchev–Trinajstić information content (AvgIpc) is 2.81. The van der Waals surface area contributed by atoms with Crippen molar-refractivity contribution in [3.05, 3.63) is 80.8 Å². The molecule has 180 valence electrons. The number of aryl methyl sites for hydroxylation is 3. The summed E-state index contributed by atoms with van der Waals surface area (Å²) in [6.45, 7) is 6.54. The summed E-state index contributed by atoms with van der Waals surface area (Å²) < 4.78 is 7.48. The Kier molecular flexibility index (Phi) is 5.46. The molecule has 0 aliphatic carbocycles. The number of ketones is 1. The van der Waals surface area contributed by atoms with Crippen LogP contribution >= 0.6 is 0 Å². The Labute approximate surface area is 202 Å². The normalized spacial score (nSPS) is 16.7. The molecule has 2 aliphatic rings. The lowest BCUT2D eigenvalue weighted by Gasteiger charge is -2.44. The monoisotopic (exact) mass is 473 g/mol. The first kappa shape index (κ1) is 22.8. The lowest BCUT2D eigenvalue weighted by atomic mass is 9.82. The minimum Gasteiger partial charge on any atom is -0.505 e. The van der Waals surface area contributed by atoms with Crippen molar-refractivity contribution in [1.29, 1.82) is 0 Å². The van der Waals surface area contributed by atoms with E-state index in [4.69, 9.17) is 4.74 Å². The Morgan fingerprint density at radius 2 is 1.74 bits per heavy atom. The van der Waals surface area contributed by atoms with Gasteiger partial charge in [0, 0.05) is 32.0 Å². The number of hydrogen-bond donors (Lipinski definition) is 1. The predicted molar refractivity (Wildman–Crippen MR) is 130 cm³/mol. The first-order valence-corrected chi connectivity index (χ1v) is 11.7. The van der Waals surface area contributed by atoms with E-state index in [1.54, 1.807) is 23.1 Å². The molecule has 1 aromatic heterocycles. The fraction of sp³-hybridized carbons (Fsp3) is 0.333. The van der Waals surface area contributed by atoms with E-state index in [9.17, 15) is 19.5 Å². The first-order chi connectivity index (χ1) is 16.7. The molecule has 3 heterocycles. The number of Topliss-reactive ketones (excluding diaryl/α,β-unsaturated/α-hetero) is 1. The number of amides is 1. The molecule has 1 N–H and O–H groups in total. The number of piperidine rings is 1. The Morgan fingerprint density at radius 1 is 1.03 bits per heavy atom. The molecule has 0 saturated carbocycles. The number of nitrogens with zero attached hydrogens (tertiary/aromatic N) is 3. The number of carbonyl (C=O) groups is 2. The van der Waals surface area contributed by atoms with Gasteiger partial charge in [0.15, 0.2) is 17.2 Å². The van der Waals surface area contributed by atoms with Gasteiger partial charge in [-0.2, -0.15) is 9.78 Å². The standard InChI is InChI=1S/C27H27N3O5/c1-16-5-4-6-19(11-16)30-24(33)14-21(31)25(28-30)26(34)29-9-7-27(8-10-29)15-22(32)20-12-17(2)18(3)13-23(20)35-27/h4-6,11-14,31H,7-10,15H2,1-3H3. The Hall–Kier alpha value is -3.94. The second kappa shape index (κ2) is 8.37. The van der Waals surface area contributed by atoms with E-state index in [1.165, 1.54) is 0 Å². The number of likely N-dealkylation sites (tertiary alicyclic amines) is 1. The number of hydrogen-bond acceptors (Lipinski definition) is 6. The lowest BCUT2D eigenvalue weighted by Crippen LogP contribution is -2.52. The van der Waals surface area contributed by atoms with Crippen LogP contribution in [0.15, 0.2) is 47.3 Å². The maximum Gasteiger partial charge on any atom is 0.278 e. The summed E-state index contributed by atoms with van der Waals surface area (Å²) in [6.07, 6.45) is 1.23. The van der Waals surface area contributed by atoms with Crippen molar-refractivity contribution in [2.24, 2.45) is 0 Å². The lowest BCUT2D eigenvalue weighted by molar-refractivity contribution is -0.00598. The molecule has 8 nitrogen and oxygen atoms in total. The third-order valence-electron chi connectivity index (χ3n) is 7.03. The van der Waals surface area contributed by atoms with Gasteiger partial charge in [0.2, 0.25) is 0 Å². The van der Waals surface area contributed by atoms with E-state index in [2.05, 4.69) is 5.10 Å². The van der Waals surface area contributed by atoms with Gasteiger partial charge in [-0.25, -0.2) is 0 Å². The molecule has 3 aromatic rings. The SMILES string of the molecule is Cc1cccc(-n2nc(C(=O)N3CCC4(CC3)CC(=O)c3cc(C)c(C)cc3O4)c(O)cc2=O)c1. The van der Waals surface area contributed by atoms with Crippen LogP contribution in [0.5, 0.6) is 11.5 Å². The predicted octanol–water partition coefficient (Wildman–Crippen LogP) is 3.50. The molecular formula is C27H27N3O5. The molecule has 0 unspecified atom stereocenters. The molecule has 1 spiro atoms. The van der Waals surface area contributed by atoms with Crippen molar-refractivity contribution in [3.8, 4) is 17.2 Å². The van der Waals surface area contributed by atoms with Gasteiger partial charge in [-0.3, -0.25) is 14.4 Å². The molecule has 1 fully saturated rings. The van der Waals surface area contributed by atoms with Gasteiger partial charge in [-0.1, -0.05) is 12.1 Å². The highest BCUT2D eigenvalue weighted by molar-refractivity contribution is 6.01. The maximum absolute atomic E-state index is 13.3. The Balaban J connectivity index is 1.37. The zero-order chi connectivity index (χ0) is 24.9. The summed E-state index contributed by atoms with van der Waals surface area (Å²) in [5, 5.41) is 14.6.